The molecule has 1 aliphatic rings. The number of aryl methyl sites for hydroxylation is 1. The number of thioether (sulfide) groups is 1. The Labute approximate surface area is 172 Å². The minimum Gasteiger partial charge on any atom is -0.496 e. The van der Waals surface area contributed by atoms with Crippen molar-refractivity contribution in [2.24, 2.45) is 0 Å². The summed E-state index contributed by atoms with van der Waals surface area (Å²) >= 11 is 2.00. The number of nitrogens with one attached hydrogen (secondary N) is 1. The van der Waals surface area contributed by atoms with Crippen LogP contribution in [0, 0.1) is 20.8 Å². The van der Waals surface area contributed by atoms with Gasteiger partial charge in [-0.3, -0.25) is 9.62 Å². The summed E-state index contributed by atoms with van der Waals surface area (Å²) in [4.78, 5) is 2.72. The van der Waals surface area contributed by atoms with Crippen LogP contribution in [0.15, 0.2) is 35.2 Å². The highest BCUT2D eigenvalue weighted by atomic mass is 32.2. The highest BCUT2D eigenvalue weighted by Crippen LogP contribution is 2.29. The van der Waals surface area contributed by atoms with Gasteiger partial charge >= 0.3 is 0 Å². The van der Waals surface area contributed by atoms with E-state index < -0.39 is 10.0 Å². The van der Waals surface area contributed by atoms with Gasteiger partial charge in [-0.1, -0.05) is 12.1 Å². The van der Waals surface area contributed by atoms with Crippen molar-refractivity contribution in [3.05, 3.63) is 52.6 Å². The average Bonchev–Trinajstić information content (AvgIpc) is 2.66. The molecule has 5 nitrogen and oxygen atoms in total. The van der Waals surface area contributed by atoms with Crippen LogP contribution in [0.2, 0.25) is 0 Å². The van der Waals surface area contributed by atoms with Crippen molar-refractivity contribution in [1.82, 2.24) is 4.90 Å². The second-order valence-electron chi connectivity index (χ2n) is 7.16. The molecule has 28 heavy (non-hydrogen) atoms. The van der Waals surface area contributed by atoms with Crippen LogP contribution in [0.5, 0.6) is 5.75 Å². The minimum atomic E-state index is -3.67. The summed E-state index contributed by atoms with van der Waals surface area (Å²) in [5, 5.41) is 0. The molecule has 0 atom stereocenters. The van der Waals surface area contributed by atoms with E-state index in [1.54, 1.807) is 26.2 Å². The molecule has 0 saturated carbocycles. The number of rotatable bonds is 6. The molecular weight excluding hydrogens is 392 g/mol. The van der Waals surface area contributed by atoms with Gasteiger partial charge in [-0.05, 0) is 61.2 Å². The van der Waals surface area contributed by atoms with Gasteiger partial charge in [0.1, 0.15) is 5.75 Å². The molecule has 1 saturated heterocycles. The Kier molecular flexibility index (Phi) is 6.58. The molecule has 3 rings (SSSR count). The fourth-order valence-electron chi connectivity index (χ4n) is 3.44. The number of benzene rings is 2. The van der Waals surface area contributed by atoms with E-state index in [1.165, 1.54) is 17.1 Å². The molecule has 1 fully saturated rings. The number of sulfonamides is 1. The lowest BCUT2D eigenvalue weighted by atomic mass is 10.1. The van der Waals surface area contributed by atoms with E-state index in [0.29, 0.717) is 17.0 Å². The van der Waals surface area contributed by atoms with E-state index in [-0.39, 0.29) is 4.90 Å². The van der Waals surface area contributed by atoms with Crippen LogP contribution in [0.4, 0.5) is 5.69 Å². The Morgan fingerprint density at radius 1 is 1.07 bits per heavy atom. The van der Waals surface area contributed by atoms with E-state index in [2.05, 4.69) is 15.7 Å². The molecule has 152 valence electrons. The summed E-state index contributed by atoms with van der Waals surface area (Å²) in [5.41, 5.74) is 4.28. The Morgan fingerprint density at radius 3 is 2.43 bits per heavy atom. The Morgan fingerprint density at radius 2 is 1.79 bits per heavy atom. The first-order valence-corrected chi connectivity index (χ1v) is 12.0. The molecule has 0 amide bonds. The minimum absolute atomic E-state index is 0.278. The van der Waals surface area contributed by atoms with Crippen LogP contribution in [0.3, 0.4) is 0 Å². The highest BCUT2D eigenvalue weighted by Gasteiger charge is 2.20. The fraction of sp³-hybridized carbons (Fsp3) is 0.429. The lowest BCUT2D eigenvalue weighted by Crippen LogP contribution is -2.31. The molecule has 0 aromatic heterocycles. The van der Waals surface area contributed by atoms with Gasteiger partial charge in [0.15, 0.2) is 0 Å². The molecule has 0 bridgehead atoms. The number of ether oxygens (including phenoxy) is 1. The van der Waals surface area contributed by atoms with Crippen LogP contribution in [-0.2, 0) is 16.6 Å². The third kappa shape index (κ3) is 4.64. The van der Waals surface area contributed by atoms with Crippen molar-refractivity contribution in [2.45, 2.75) is 32.2 Å². The Bertz CT molecular complexity index is 952. The zero-order chi connectivity index (χ0) is 20.3. The molecule has 7 heteroatoms. The van der Waals surface area contributed by atoms with Crippen molar-refractivity contribution >= 4 is 27.5 Å². The van der Waals surface area contributed by atoms with E-state index in [1.807, 2.05) is 37.7 Å². The monoisotopic (exact) mass is 420 g/mol. The maximum absolute atomic E-state index is 13.0. The Hall–Kier alpha value is -1.70. The van der Waals surface area contributed by atoms with Gasteiger partial charge < -0.3 is 4.74 Å². The predicted octanol–water partition coefficient (Wildman–Crippen LogP) is 3.97. The first-order chi connectivity index (χ1) is 13.3. The first kappa shape index (κ1) is 21.0. The van der Waals surface area contributed by atoms with Gasteiger partial charge in [0.2, 0.25) is 0 Å². The second-order valence-corrected chi connectivity index (χ2v) is 10.0. The summed E-state index contributed by atoms with van der Waals surface area (Å²) < 4.78 is 34.0. The van der Waals surface area contributed by atoms with Crippen molar-refractivity contribution in [2.75, 3.05) is 36.4 Å². The summed E-state index contributed by atoms with van der Waals surface area (Å²) in [6.45, 7) is 8.73. The number of methoxy groups -OCH3 is 1. The van der Waals surface area contributed by atoms with Crippen LogP contribution < -0.4 is 9.46 Å². The molecule has 0 unspecified atom stereocenters. The molecular formula is C21H28N2O3S2. The van der Waals surface area contributed by atoms with Gasteiger partial charge in [0, 0.05) is 31.1 Å². The molecule has 2 aromatic carbocycles. The summed E-state index contributed by atoms with van der Waals surface area (Å²) in [6.07, 6.45) is 0. The summed E-state index contributed by atoms with van der Waals surface area (Å²) in [6, 6.07) is 9.25. The molecule has 0 spiro atoms. The van der Waals surface area contributed by atoms with Crippen LogP contribution in [-0.4, -0.2) is 45.0 Å². The van der Waals surface area contributed by atoms with Crippen molar-refractivity contribution in [3.8, 4) is 5.75 Å². The first-order valence-electron chi connectivity index (χ1n) is 9.38. The SMILES string of the molecule is COc1ccc(S(=O)(=O)Nc2ccc(CN3CCSCC3)cc2C)c(C)c1C. The highest BCUT2D eigenvalue weighted by molar-refractivity contribution is 7.99. The number of anilines is 1. The maximum atomic E-state index is 13.0. The van der Waals surface area contributed by atoms with Crippen molar-refractivity contribution in [3.63, 3.8) is 0 Å². The van der Waals surface area contributed by atoms with Crippen LogP contribution in [0.1, 0.15) is 22.3 Å². The molecule has 0 aliphatic carbocycles. The molecule has 1 aliphatic heterocycles. The molecule has 0 radical (unpaired) electrons. The van der Waals surface area contributed by atoms with E-state index in [9.17, 15) is 8.42 Å². The zero-order valence-electron chi connectivity index (χ0n) is 16.9. The van der Waals surface area contributed by atoms with Crippen molar-refractivity contribution in [1.29, 1.82) is 0 Å². The van der Waals surface area contributed by atoms with Crippen LogP contribution in [0.25, 0.3) is 0 Å². The van der Waals surface area contributed by atoms with Gasteiger partial charge in [0.25, 0.3) is 10.0 Å². The van der Waals surface area contributed by atoms with Crippen LogP contribution >= 0.6 is 11.8 Å². The van der Waals surface area contributed by atoms with Gasteiger partial charge in [-0.2, -0.15) is 11.8 Å². The normalized spacial score (nSPS) is 15.4. The van der Waals surface area contributed by atoms with Gasteiger partial charge in [-0.25, -0.2) is 8.42 Å². The average molecular weight is 421 g/mol. The van der Waals surface area contributed by atoms with Gasteiger partial charge in [0.05, 0.1) is 17.7 Å². The zero-order valence-corrected chi connectivity index (χ0v) is 18.5. The molecule has 1 N–H and O–H groups in total. The van der Waals surface area contributed by atoms with E-state index in [0.717, 1.165) is 30.8 Å². The standard InChI is InChI=1S/C21H28N2O3S2/c1-15-13-18(14-23-9-11-27-12-10-23)5-6-19(15)22-28(24,25)21-8-7-20(26-4)16(2)17(21)3/h5-8,13,22H,9-12,14H2,1-4H3. The topological polar surface area (TPSA) is 58.6 Å². The number of nitrogens with zero attached hydrogens (tertiary/aromatic N) is 1. The lowest BCUT2D eigenvalue weighted by molar-refractivity contribution is 0.294. The number of hydrogen-bond donors (Lipinski definition) is 1. The lowest BCUT2D eigenvalue weighted by Gasteiger charge is -2.26. The smallest absolute Gasteiger partial charge is 0.262 e. The fourth-order valence-corrected chi connectivity index (χ4v) is 5.85. The van der Waals surface area contributed by atoms with E-state index >= 15 is 0 Å². The third-order valence-corrected chi connectivity index (χ3v) is 7.69. The quantitative estimate of drug-likeness (QED) is 0.766. The largest absolute Gasteiger partial charge is 0.496 e. The van der Waals surface area contributed by atoms with E-state index in [4.69, 9.17) is 4.74 Å². The third-order valence-electron chi connectivity index (χ3n) is 5.24. The second kappa shape index (κ2) is 8.76. The van der Waals surface area contributed by atoms with Crippen molar-refractivity contribution < 1.29 is 13.2 Å². The molecule has 2 aromatic rings. The number of hydrogen-bond acceptors (Lipinski definition) is 5. The summed E-state index contributed by atoms with van der Waals surface area (Å²) in [7, 11) is -2.09. The molecule has 1 heterocycles. The van der Waals surface area contributed by atoms with Gasteiger partial charge in [-0.15, -0.1) is 0 Å². The Balaban J connectivity index is 1.80. The predicted molar refractivity (Wildman–Crippen MR) is 117 cm³/mol. The summed E-state index contributed by atoms with van der Waals surface area (Å²) in [5.74, 6) is 3.04. The maximum Gasteiger partial charge on any atom is 0.262 e.